The van der Waals surface area contributed by atoms with Crippen molar-refractivity contribution < 1.29 is 29.4 Å². The number of rotatable bonds is 8. The summed E-state index contributed by atoms with van der Waals surface area (Å²) >= 11 is 0. The smallest absolute Gasteiger partial charge is 0.323 e. The molecule has 0 heterocycles. The Balaban J connectivity index is 4.93. The van der Waals surface area contributed by atoms with E-state index in [1.165, 1.54) is 0 Å². The van der Waals surface area contributed by atoms with Crippen molar-refractivity contribution in [2.75, 3.05) is 6.54 Å². The molecule has 0 fully saturated rings. The largest absolute Gasteiger partial charge is 0.481 e. The van der Waals surface area contributed by atoms with Crippen LogP contribution in [0.2, 0.25) is 0 Å². The highest BCUT2D eigenvalue weighted by molar-refractivity contribution is 6.02. The molecular weight excluding hydrogens is 270 g/mol. The lowest BCUT2D eigenvalue weighted by atomic mass is 10.1. The Morgan fingerprint density at radius 2 is 1.50 bits per heavy atom. The van der Waals surface area contributed by atoms with Gasteiger partial charge in [0, 0.05) is 6.42 Å². The van der Waals surface area contributed by atoms with E-state index in [1.807, 2.05) is 0 Å². The summed E-state index contributed by atoms with van der Waals surface area (Å²) in [5.74, 6) is -4.32. The number of aliphatic carboxylic acids is 2. The highest BCUT2D eigenvalue weighted by Gasteiger charge is 2.31. The number of imide groups is 1. The van der Waals surface area contributed by atoms with Crippen molar-refractivity contribution in [1.82, 2.24) is 4.90 Å². The van der Waals surface area contributed by atoms with Crippen LogP contribution in [0.15, 0.2) is 0 Å². The second-order valence-electron chi connectivity index (χ2n) is 4.21. The molecule has 0 rings (SSSR count). The zero-order valence-corrected chi connectivity index (χ0v) is 11.1. The second kappa shape index (κ2) is 8.23. The third kappa shape index (κ3) is 5.76. The lowest BCUT2D eigenvalue weighted by Gasteiger charge is -2.24. The van der Waals surface area contributed by atoms with Crippen LogP contribution >= 0.6 is 0 Å². The molecule has 0 radical (unpaired) electrons. The van der Waals surface area contributed by atoms with Crippen molar-refractivity contribution in [2.24, 2.45) is 11.5 Å². The third-order valence-electron chi connectivity index (χ3n) is 2.57. The average Bonchev–Trinajstić information content (AvgIpc) is 2.39. The molecule has 0 aromatic carbocycles. The highest BCUT2D eigenvalue weighted by atomic mass is 16.4. The molecule has 0 saturated heterocycles. The Morgan fingerprint density at radius 1 is 1.00 bits per heavy atom. The number of carbonyl (C=O) groups excluding carboxylic acids is 2. The molecule has 6 N–H and O–H groups in total. The normalized spacial score (nSPS) is 13.3. The number of nitrogens with zero attached hydrogens (tertiary/aromatic N) is 1. The predicted octanol–water partition coefficient (Wildman–Crippen LogP) is -1.64. The fourth-order valence-electron chi connectivity index (χ4n) is 1.38. The molecule has 2 atom stereocenters. The molecule has 0 spiro atoms. The first kappa shape index (κ1) is 18.0. The van der Waals surface area contributed by atoms with Gasteiger partial charge in [-0.05, 0) is 12.8 Å². The van der Waals surface area contributed by atoms with Crippen LogP contribution in [0.5, 0.6) is 0 Å². The quantitative estimate of drug-likeness (QED) is 0.413. The molecule has 20 heavy (non-hydrogen) atoms. The van der Waals surface area contributed by atoms with Gasteiger partial charge in [-0.3, -0.25) is 24.1 Å². The first-order chi connectivity index (χ1) is 9.20. The average molecular weight is 289 g/mol. The molecular formula is C11H19N3O6. The molecule has 9 heteroatoms. The Morgan fingerprint density at radius 3 is 1.90 bits per heavy atom. The summed E-state index contributed by atoms with van der Waals surface area (Å²) in [6.45, 7) is 0.752. The Bertz CT molecular complexity index is 398. The SMILES string of the molecule is CCC(N)C(=O)N(CC(=O)O)C(=O)[C@@H](N)CCC(=O)O. The molecule has 2 amide bonds. The van der Waals surface area contributed by atoms with Gasteiger partial charge in [0.15, 0.2) is 0 Å². The maximum absolute atomic E-state index is 11.9. The topological polar surface area (TPSA) is 164 Å². The van der Waals surface area contributed by atoms with Gasteiger partial charge in [0.05, 0.1) is 12.1 Å². The van der Waals surface area contributed by atoms with Gasteiger partial charge in [0.2, 0.25) is 11.8 Å². The Labute approximate surface area is 115 Å². The van der Waals surface area contributed by atoms with E-state index in [0.29, 0.717) is 4.90 Å². The molecule has 0 aliphatic carbocycles. The Hall–Kier alpha value is -2.00. The van der Waals surface area contributed by atoms with Crippen LogP contribution in [0.25, 0.3) is 0 Å². The molecule has 0 bridgehead atoms. The van der Waals surface area contributed by atoms with Crippen LogP contribution in [0.3, 0.4) is 0 Å². The van der Waals surface area contributed by atoms with Crippen molar-refractivity contribution >= 4 is 23.8 Å². The van der Waals surface area contributed by atoms with Gasteiger partial charge in [-0.1, -0.05) is 6.92 Å². The second-order valence-corrected chi connectivity index (χ2v) is 4.21. The van der Waals surface area contributed by atoms with Crippen LogP contribution in [0.4, 0.5) is 0 Å². The van der Waals surface area contributed by atoms with Crippen LogP contribution in [0.1, 0.15) is 26.2 Å². The molecule has 114 valence electrons. The highest BCUT2D eigenvalue weighted by Crippen LogP contribution is 2.04. The minimum Gasteiger partial charge on any atom is -0.481 e. The molecule has 9 nitrogen and oxygen atoms in total. The van der Waals surface area contributed by atoms with Crippen molar-refractivity contribution in [3.8, 4) is 0 Å². The summed E-state index contributed by atoms with van der Waals surface area (Å²) < 4.78 is 0. The zero-order chi connectivity index (χ0) is 15.9. The van der Waals surface area contributed by atoms with E-state index in [1.54, 1.807) is 6.92 Å². The van der Waals surface area contributed by atoms with Crippen LogP contribution in [0, 0.1) is 0 Å². The predicted molar refractivity (Wildman–Crippen MR) is 67.5 cm³/mol. The van der Waals surface area contributed by atoms with Gasteiger partial charge in [-0.25, -0.2) is 0 Å². The van der Waals surface area contributed by atoms with Gasteiger partial charge in [0.1, 0.15) is 6.54 Å². The summed E-state index contributed by atoms with van der Waals surface area (Å²) in [7, 11) is 0. The summed E-state index contributed by atoms with van der Waals surface area (Å²) in [5, 5.41) is 17.2. The first-order valence-corrected chi connectivity index (χ1v) is 6.00. The fourth-order valence-corrected chi connectivity index (χ4v) is 1.38. The maximum atomic E-state index is 11.9. The lowest BCUT2D eigenvalue weighted by Crippen LogP contribution is -2.53. The number of amides is 2. The minimum absolute atomic E-state index is 0.196. The first-order valence-electron chi connectivity index (χ1n) is 6.00. The van der Waals surface area contributed by atoms with Gasteiger partial charge >= 0.3 is 11.9 Å². The number of nitrogens with two attached hydrogens (primary N) is 2. The van der Waals surface area contributed by atoms with E-state index in [0.717, 1.165) is 0 Å². The fraction of sp³-hybridized carbons (Fsp3) is 0.636. The molecule has 0 aromatic rings. The van der Waals surface area contributed by atoms with E-state index in [-0.39, 0.29) is 19.3 Å². The monoisotopic (exact) mass is 289 g/mol. The van der Waals surface area contributed by atoms with Gasteiger partial charge < -0.3 is 21.7 Å². The minimum atomic E-state index is -1.39. The van der Waals surface area contributed by atoms with Crippen LogP contribution < -0.4 is 11.5 Å². The van der Waals surface area contributed by atoms with E-state index in [4.69, 9.17) is 21.7 Å². The van der Waals surface area contributed by atoms with Crippen molar-refractivity contribution in [2.45, 2.75) is 38.3 Å². The van der Waals surface area contributed by atoms with E-state index in [9.17, 15) is 19.2 Å². The number of hydrogen-bond acceptors (Lipinski definition) is 6. The van der Waals surface area contributed by atoms with Crippen LogP contribution in [-0.2, 0) is 19.2 Å². The van der Waals surface area contributed by atoms with Gasteiger partial charge in [-0.15, -0.1) is 0 Å². The van der Waals surface area contributed by atoms with Crippen molar-refractivity contribution in [3.63, 3.8) is 0 Å². The molecule has 0 aromatic heterocycles. The summed E-state index contributed by atoms with van der Waals surface area (Å²) in [6.07, 6.45) is -0.326. The molecule has 1 unspecified atom stereocenters. The number of carbonyl (C=O) groups is 4. The van der Waals surface area contributed by atoms with Crippen molar-refractivity contribution in [3.05, 3.63) is 0 Å². The Kier molecular flexibility index (Phi) is 7.40. The van der Waals surface area contributed by atoms with Crippen LogP contribution in [-0.4, -0.2) is 57.5 Å². The number of hydrogen-bond donors (Lipinski definition) is 4. The molecule has 0 aliphatic heterocycles. The zero-order valence-electron chi connectivity index (χ0n) is 11.1. The summed E-state index contributed by atoms with van der Waals surface area (Å²) in [5.41, 5.74) is 11.0. The summed E-state index contributed by atoms with van der Waals surface area (Å²) in [6, 6.07) is -2.27. The molecule has 0 aliphatic rings. The van der Waals surface area contributed by atoms with Gasteiger partial charge in [0.25, 0.3) is 0 Å². The number of carboxylic acids is 2. The number of carboxylic acid groups (broad SMARTS) is 2. The third-order valence-corrected chi connectivity index (χ3v) is 2.57. The molecule has 0 saturated carbocycles. The van der Waals surface area contributed by atoms with E-state index >= 15 is 0 Å². The maximum Gasteiger partial charge on any atom is 0.323 e. The van der Waals surface area contributed by atoms with Gasteiger partial charge in [-0.2, -0.15) is 0 Å². The van der Waals surface area contributed by atoms with E-state index in [2.05, 4.69) is 0 Å². The van der Waals surface area contributed by atoms with Crippen molar-refractivity contribution in [1.29, 1.82) is 0 Å². The standard InChI is InChI=1S/C11H19N3O6/c1-2-6(12)10(19)14(5-9(17)18)11(20)7(13)3-4-8(15)16/h6-7H,2-5,12-13H2,1H3,(H,15,16)(H,17,18)/t6?,7-/m0/s1. The lowest BCUT2D eigenvalue weighted by molar-refractivity contribution is -0.154. The summed E-state index contributed by atoms with van der Waals surface area (Å²) in [4.78, 5) is 45.3. The van der Waals surface area contributed by atoms with E-state index < -0.39 is 42.4 Å².